The molecule has 2 heteroatoms. The van der Waals surface area contributed by atoms with Gasteiger partial charge in [-0.3, -0.25) is 4.79 Å². The van der Waals surface area contributed by atoms with Gasteiger partial charge in [-0.1, -0.05) is 32.0 Å². The second-order valence-electron chi connectivity index (χ2n) is 5.93. The van der Waals surface area contributed by atoms with Crippen molar-refractivity contribution in [1.82, 2.24) is 0 Å². The highest BCUT2D eigenvalue weighted by Gasteiger charge is 2.28. The fraction of sp³-hybridized carbons (Fsp3) is 0.562. The zero-order valence-corrected chi connectivity index (χ0v) is 11.4. The number of Topliss-reactive ketones (excluding diaryl/α,β-unsaturated/α-hetero) is 1. The first-order valence-corrected chi connectivity index (χ1v) is 6.95. The summed E-state index contributed by atoms with van der Waals surface area (Å²) in [6, 6.07) is 8.33. The summed E-state index contributed by atoms with van der Waals surface area (Å²) in [4.78, 5) is 12.4. The van der Waals surface area contributed by atoms with Crippen molar-refractivity contribution >= 4 is 5.78 Å². The van der Waals surface area contributed by atoms with E-state index in [0.29, 0.717) is 5.92 Å². The van der Waals surface area contributed by atoms with Gasteiger partial charge in [0.25, 0.3) is 0 Å². The Bertz CT molecular complexity index is 425. The van der Waals surface area contributed by atoms with Crippen molar-refractivity contribution in [2.24, 2.45) is 17.6 Å². The number of rotatable bonds is 4. The highest BCUT2D eigenvalue weighted by atomic mass is 16.1. The van der Waals surface area contributed by atoms with Gasteiger partial charge < -0.3 is 5.73 Å². The summed E-state index contributed by atoms with van der Waals surface area (Å²) in [5.74, 6) is 1.05. The molecule has 2 rings (SSSR count). The maximum atomic E-state index is 12.4. The molecule has 2 nitrogen and oxygen atoms in total. The van der Waals surface area contributed by atoms with Gasteiger partial charge in [-0.25, -0.2) is 0 Å². The van der Waals surface area contributed by atoms with Crippen molar-refractivity contribution in [3.63, 3.8) is 0 Å². The molecule has 0 aliphatic heterocycles. The average molecular weight is 245 g/mol. The normalized spacial score (nSPS) is 23.6. The predicted octanol–water partition coefficient (Wildman–Crippen LogP) is 3.20. The second kappa shape index (κ2) is 5.66. The first-order valence-electron chi connectivity index (χ1n) is 6.95. The van der Waals surface area contributed by atoms with Crippen LogP contribution in [0, 0.1) is 11.8 Å². The molecule has 98 valence electrons. The van der Waals surface area contributed by atoms with Crippen LogP contribution in [0.3, 0.4) is 0 Å². The molecule has 1 fully saturated rings. The van der Waals surface area contributed by atoms with Crippen LogP contribution < -0.4 is 5.73 Å². The Kier molecular flexibility index (Phi) is 4.18. The number of carbonyl (C=O) groups is 1. The molecular weight excluding hydrogens is 222 g/mol. The average Bonchev–Trinajstić information content (AvgIpc) is 2.74. The van der Waals surface area contributed by atoms with Crippen LogP contribution in [0.15, 0.2) is 24.3 Å². The van der Waals surface area contributed by atoms with Crippen molar-refractivity contribution < 1.29 is 4.79 Å². The van der Waals surface area contributed by atoms with E-state index in [1.807, 2.05) is 12.1 Å². The van der Waals surface area contributed by atoms with E-state index in [9.17, 15) is 4.79 Å². The third-order valence-electron chi connectivity index (χ3n) is 3.70. The van der Waals surface area contributed by atoms with Crippen LogP contribution in [-0.4, -0.2) is 11.8 Å². The molecule has 18 heavy (non-hydrogen) atoms. The van der Waals surface area contributed by atoms with E-state index in [2.05, 4.69) is 26.0 Å². The lowest BCUT2D eigenvalue weighted by Crippen LogP contribution is -2.18. The number of carbonyl (C=O) groups excluding carboxylic acids is 1. The third-order valence-corrected chi connectivity index (χ3v) is 3.70. The molecule has 0 amide bonds. The SMILES string of the molecule is CC(C)Cc1cccc(C(=O)C2CCC(N)C2)c1. The van der Waals surface area contributed by atoms with Crippen molar-refractivity contribution in [3.8, 4) is 0 Å². The molecule has 1 aromatic carbocycles. The quantitative estimate of drug-likeness (QED) is 0.828. The summed E-state index contributed by atoms with van der Waals surface area (Å²) in [5, 5.41) is 0. The van der Waals surface area contributed by atoms with Gasteiger partial charge in [0.2, 0.25) is 0 Å². The fourth-order valence-electron chi connectivity index (χ4n) is 2.81. The van der Waals surface area contributed by atoms with E-state index in [0.717, 1.165) is 31.2 Å². The van der Waals surface area contributed by atoms with Crippen molar-refractivity contribution in [3.05, 3.63) is 35.4 Å². The minimum Gasteiger partial charge on any atom is -0.328 e. The van der Waals surface area contributed by atoms with Gasteiger partial charge in [0.15, 0.2) is 5.78 Å². The third kappa shape index (κ3) is 3.20. The van der Waals surface area contributed by atoms with E-state index in [-0.39, 0.29) is 17.7 Å². The van der Waals surface area contributed by atoms with Crippen LogP contribution in [0.25, 0.3) is 0 Å². The number of benzene rings is 1. The Labute approximate surface area is 110 Å². The number of hydrogen-bond acceptors (Lipinski definition) is 2. The fourth-order valence-corrected chi connectivity index (χ4v) is 2.81. The first-order chi connectivity index (χ1) is 8.56. The van der Waals surface area contributed by atoms with Gasteiger partial charge in [0.05, 0.1) is 0 Å². The van der Waals surface area contributed by atoms with Crippen molar-refractivity contribution in [2.75, 3.05) is 0 Å². The van der Waals surface area contributed by atoms with Crippen molar-refractivity contribution in [1.29, 1.82) is 0 Å². The first kappa shape index (κ1) is 13.3. The predicted molar refractivity (Wildman–Crippen MR) is 74.6 cm³/mol. The number of ketones is 1. The summed E-state index contributed by atoms with van der Waals surface area (Å²) in [5.41, 5.74) is 8.01. The van der Waals surface area contributed by atoms with Crippen LogP contribution >= 0.6 is 0 Å². The van der Waals surface area contributed by atoms with E-state index in [1.165, 1.54) is 5.56 Å². The molecule has 0 radical (unpaired) electrons. The summed E-state index contributed by atoms with van der Waals surface area (Å²) in [6.07, 6.45) is 3.83. The topological polar surface area (TPSA) is 43.1 Å². The van der Waals surface area contributed by atoms with Gasteiger partial charge >= 0.3 is 0 Å². The van der Waals surface area contributed by atoms with Gasteiger partial charge in [-0.2, -0.15) is 0 Å². The van der Waals surface area contributed by atoms with Gasteiger partial charge in [0, 0.05) is 17.5 Å². The minimum atomic E-state index is 0.147. The monoisotopic (exact) mass is 245 g/mol. The summed E-state index contributed by atoms with van der Waals surface area (Å²) < 4.78 is 0. The van der Waals surface area contributed by atoms with Crippen LogP contribution in [0.1, 0.15) is 49.0 Å². The summed E-state index contributed by atoms with van der Waals surface area (Å²) in [7, 11) is 0. The Balaban J connectivity index is 2.10. The van der Waals surface area contributed by atoms with E-state index >= 15 is 0 Å². The maximum Gasteiger partial charge on any atom is 0.166 e. The van der Waals surface area contributed by atoms with Crippen LogP contribution in [0.4, 0.5) is 0 Å². The molecular formula is C16H23NO. The molecule has 0 saturated heterocycles. The smallest absolute Gasteiger partial charge is 0.166 e. The standard InChI is InChI=1S/C16H23NO/c1-11(2)8-12-4-3-5-13(9-12)16(18)14-6-7-15(17)10-14/h3-5,9,11,14-15H,6-8,10,17H2,1-2H3. The zero-order chi connectivity index (χ0) is 13.1. The van der Waals surface area contributed by atoms with Crippen LogP contribution in [0.2, 0.25) is 0 Å². The van der Waals surface area contributed by atoms with E-state index in [4.69, 9.17) is 5.73 Å². The van der Waals surface area contributed by atoms with E-state index in [1.54, 1.807) is 0 Å². The molecule has 0 bridgehead atoms. The Morgan fingerprint density at radius 2 is 2.17 bits per heavy atom. The minimum absolute atomic E-state index is 0.147. The Morgan fingerprint density at radius 3 is 2.78 bits per heavy atom. The number of hydrogen-bond donors (Lipinski definition) is 1. The largest absolute Gasteiger partial charge is 0.328 e. The molecule has 2 unspecified atom stereocenters. The lowest BCUT2D eigenvalue weighted by molar-refractivity contribution is 0.0921. The summed E-state index contributed by atoms with van der Waals surface area (Å²) in [6.45, 7) is 4.40. The maximum absolute atomic E-state index is 12.4. The zero-order valence-electron chi connectivity index (χ0n) is 11.4. The lowest BCUT2D eigenvalue weighted by atomic mass is 9.93. The second-order valence-corrected chi connectivity index (χ2v) is 5.93. The number of nitrogens with two attached hydrogens (primary N) is 1. The highest BCUT2D eigenvalue weighted by Crippen LogP contribution is 2.27. The molecule has 2 atom stereocenters. The molecule has 1 aliphatic carbocycles. The van der Waals surface area contributed by atoms with Crippen LogP contribution in [-0.2, 0) is 6.42 Å². The highest BCUT2D eigenvalue weighted by molar-refractivity contribution is 5.98. The van der Waals surface area contributed by atoms with Gasteiger partial charge in [0.1, 0.15) is 0 Å². The van der Waals surface area contributed by atoms with Gasteiger partial charge in [-0.15, -0.1) is 0 Å². The summed E-state index contributed by atoms with van der Waals surface area (Å²) >= 11 is 0. The molecule has 0 heterocycles. The molecule has 0 aromatic heterocycles. The molecule has 1 saturated carbocycles. The van der Waals surface area contributed by atoms with E-state index < -0.39 is 0 Å². The Morgan fingerprint density at radius 1 is 1.39 bits per heavy atom. The molecule has 1 aliphatic rings. The van der Waals surface area contributed by atoms with Crippen LogP contribution in [0.5, 0.6) is 0 Å². The lowest BCUT2D eigenvalue weighted by Gasteiger charge is -2.11. The van der Waals surface area contributed by atoms with Crippen molar-refractivity contribution in [2.45, 2.75) is 45.6 Å². The molecule has 1 aromatic rings. The molecule has 0 spiro atoms. The van der Waals surface area contributed by atoms with Gasteiger partial charge in [-0.05, 0) is 43.2 Å². The Hall–Kier alpha value is -1.15. The molecule has 2 N–H and O–H groups in total.